The summed E-state index contributed by atoms with van der Waals surface area (Å²) in [4.78, 5) is 11.0. The standard InChI is InChI=1S/C9H7Br2ClO2/c1-14-8(13)4-5-2-6(10)9(12)7(11)3-5/h2-3H,4H2,1H3. The molecule has 0 saturated heterocycles. The van der Waals surface area contributed by atoms with Crippen molar-refractivity contribution >= 4 is 49.4 Å². The zero-order valence-corrected chi connectivity index (χ0v) is 11.2. The van der Waals surface area contributed by atoms with Crippen molar-refractivity contribution in [1.29, 1.82) is 0 Å². The Morgan fingerprint density at radius 1 is 1.43 bits per heavy atom. The van der Waals surface area contributed by atoms with Gasteiger partial charge in [0.15, 0.2) is 0 Å². The molecule has 0 radical (unpaired) electrons. The van der Waals surface area contributed by atoms with E-state index in [0.717, 1.165) is 14.5 Å². The molecule has 1 rings (SSSR count). The third-order valence-electron chi connectivity index (χ3n) is 1.62. The third kappa shape index (κ3) is 2.97. The van der Waals surface area contributed by atoms with Crippen LogP contribution in [0.15, 0.2) is 21.1 Å². The van der Waals surface area contributed by atoms with E-state index >= 15 is 0 Å². The number of hydrogen-bond acceptors (Lipinski definition) is 2. The van der Waals surface area contributed by atoms with Crippen LogP contribution in [-0.4, -0.2) is 13.1 Å². The summed E-state index contributed by atoms with van der Waals surface area (Å²) < 4.78 is 6.08. The first-order valence-corrected chi connectivity index (χ1v) is 5.71. The van der Waals surface area contributed by atoms with E-state index in [1.807, 2.05) is 0 Å². The second-order valence-electron chi connectivity index (χ2n) is 2.63. The summed E-state index contributed by atoms with van der Waals surface area (Å²) in [5.74, 6) is -0.272. The van der Waals surface area contributed by atoms with Gasteiger partial charge in [-0.15, -0.1) is 0 Å². The molecule has 0 aliphatic carbocycles. The lowest BCUT2D eigenvalue weighted by Gasteiger charge is -2.04. The van der Waals surface area contributed by atoms with Crippen LogP contribution in [0, 0.1) is 0 Å². The van der Waals surface area contributed by atoms with Gasteiger partial charge in [0.2, 0.25) is 0 Å². The lowest BCUT2D eigenvalue weighted by atomic mass is 10.1. The molecule has 1 aromatic rings. The molecule has 0 heterocycles. The molecule has 0 N–H and O–H groups in total. The Morgan fingerprint density at radius 2 is 1.93 bits per heavy atom. The highest BCUT2D eigenvalue weighted by molar-refractivity contribution is 9.11. The van der Waals surface area contributed by atoms with Gasteiger partial charge in [-0.05, 0) is 49.6 Å². The van der Waals surface area contributed by atoms with Crippen LogP contribution in [0.4, 0.5) is 0 Å². The third-order valence-corrected chi connectivity index (χ3v) is 3.73. The van der Waals surface area contributed by atoms with Gasteiger partial charge >= 0.3 is 5.97 Å². The number of esters is 1. The van der Waals surface area contributed by atoms with Gasteiger partial charge in [-0.3, -0.25) is 4.79 Å². The van der Waals surface area contributed by atoms with Gasteiger partial charge in [0.25, 0.3) is 0 Å². The zero-order valence-electron chi connectivity index (χ0n) is 7.31. The van der Waals surface area contributed by atoms with E-state index in [9.17, 15) is 4.79 Å². The molecule has 2 nitrogen and oxygen atoms in total. The number of ether oxygens (including phenoxy) is 1. The van der Waals surface area contributed by atoms with Gasteiger partial charge in [0.1, 0.15) is 0 Å². The van der Waals surface area contributed by atoms with Crippen molar-refractivity contribution in [3.8, 4) is 0 Å². The van der Waals surface area contributed by atoms with Crippen LogP contribution in [0.2, 0.25) is 5.02 Å². The summed E-state index contributed by atoms with van der Waals surface area (Å²) in [5.41, 5.74) is 0.847. The highest BCUT2D eigenvalue weighted by Gasteiger charge is 2.08. The molecule has 5 heteroatoms. The van der Waals surface area contributed by atoms with Crippen LogP contribution in [-0.2, 0) is 16.0 Å². The molecular weight excluding hydrogens is 335 g/mol. The first-order chi connectivity index (χ1) is 6.54. The maximum absolute atomic E-state index is 11.0. The zero-order chi connectivity index (χ0) is 10.7. The Hall–Kier alpha value is -0.0600. The molecule has 76 valence electrons. The minimum absolute atomic E-state index is 0.241. The summed E-state index contributed by atoms with van der Waals surface area (Å²) in [6.07, 6.45) is 0.241. The number of methoxy groups -OCH3 is 1. The lowest BCUT2D eigenvalue weighted by Crippen LogP contribution is -2.04. The average Bonchev–Trinajstić information content (AvgIpc) is 2.14. The SMILES string of the molecule is COC(=O)Cc1cc(Br)c(Cl)c(Br)c1. The van der Waals surface area contributed by atoms with E-state index in [0.29, 0.717) is 5.02 Å². The molecule has 0 amide bonds. The highest BCUT2D eigenvalue weighted by Crippen LogP contribution is 2.31. The summed E-state index contributed by atoms with van der Waals surface area (Å²) in [6, 6.07) is 3.59. The highest BCUT2D eigenvalue weighted by atomic mass is 79.9. The minimum Gasteiger partial charge on any atom is -0.469 e. The number of halogens is 3. The Morgan fingerprint density at radius 3 is 2.36 bits per heavy atom. The Balaban J connectivity index is 2.95. The normalized spacial score (nSPS) is 10.0. The number of carbonyl (C=O) groups is 1. The van der Waals surface area contributed by atoms with Crippen molar-refractivity contribution in [2.75, 3.05) is 7.11 Å². The monoisotopic (exact) mass is 340 g/mol. The van der Waals surface area contributed by atoms with Gasteiger partial charge in [0.05, 0.1) is 18.6 Å². The van der Waals surface area contributed by atoms with Crippen LogP contribution < -0.4 is 0 Å². The molecule has 0 bridgehead atoms. The van der Waals surface area contributed by atoms with Crippen LogP contribution >= 0.6 is 43.5 Å². The summed E-state index contributed by atoms with van der Waals surface area (Å²) in [5, 5.41) is 0.596. The Bertz CT molecular complexity index is 343. The lowest BCUT2D eigenvalue weighted by molar-refractivity contribution is -0.139. The van der Waals surface area contributed by atoms with Crippen molar-refractivity contribution in [1.82, 2.24) is 0 Å². The molecule has 0 atom stereocenters. The number of carbonyl (C=O) groups excluding carboxylic acids is 1. The van der Waals surface area contributed by atoms with Gasteiger partial charge in [-0.1, -0.05) is 11.6 Å². The largest absolute Gasteiger partial charge is 0.469 e. The minimum atomic E-state index is -0.272. The van der Waals surface area contributed by atoms with Gasteiger partial charge < -0.3 is 4.74 Å². The molecule has 0 unspecified atom stereocenters. The van der Waals surface area contributed by atoms with Crippen molar-refractivity contribution in [2.24, 2.45) is 0 Å². The van der Waals surface area contributed by atoms with Crippen molar-refractivity contribution < 1.29 is 9.53 Å². The fraction of sp³-hybridized carbons (Fsp3) is 0.222. The topological polar surface area (TPSA) is 26.3 Å². The molecule has 14 heavy (non-hydrogen) atoms. The first-order valence-electron chi connectivity index (χ1n) is 3.75. The molecular formula is C9H7Br2ClO2. The van der Waals surface area contributed by atoms with Crippen LogP contribution in [0.5, 0.6) is 0 Å². The Labute approximate surface area is 104 Å². The van der Waals surface area contributed by atoms with Gasteiger partial charge in [-0.25, -0.2) is 0 Å². The van der Waals surface area contributed by atoms with Crippen LogP contribution in [0.25, 0.3) is 0 Å². The molecule has 0 aromatic heterocycles. The van der Waals surface area contributed by atoms with E-state index in [-0.39, 0.29) is 12.4 Å². The fourth-order valence-corrected chi connectivity index (χ4v) is 2.34. The number of hydrogen-bond donors (Lipinski definition) is 0. The first kappa shape index (κ1) is 12.0. The predicted octanol–water partition coefficient (Wildman–Crippen LogP) is 3.58. The molecule has 0 spiro atoms. The van der Waals surface area contributed by atoms with Gasteiger partial charge in [0, 0.05) is 8.95 Å². The summed E-state index contributed by atoms with van der Waals surface area (Å²) >= 11 is 12.5. The molecule has 1 aromatic carbocycles. The van der Waals surface area contributed by atoms with Crippen molar-refractivity contribution in [3.05, 3.63) is 31.7 Å². The number of rotatable bonds is 2. The average molecular weight is 342 g/mol. The molecule has 0 fully saturated rings. The van der Waals surface area contributed by atoms with Crippen molar-refractivity contribution in [2.45, 2.75) is 6.42 Å². The predicted molar refractivity (Wildman–Crippen MR) is 62.6 cm³/mol. The Kier molecular flexibility index (Phi) is 4.41. The summed E-state index contributed by atoms with van der Waals surface area (Å²) in [7, 11) is 1.36. The maximum atomic E-state index is 11.0. The van der Waals surface area contributed by atoms with Gasteiger partial charge in [-0.2, -0.15) is 0 Å². The molecule has 0 aliphatic rings. The van der Waals surface area contributed by atoms with Crippen LogP contribution in [0.3, 0.4) is 0 Å². The van der Waals surface area contributed by atoms with E-state index in [2.05, 4.69) is 36.6 Å². The molecule has 0 aliphatic heterocycles. The second-order valence-corrected chi connectivity index (χ2v) is 4.71. The smallest absolute Gasteiger partial charge is 0.309 e. The van der Waals surface area contributed by atoms with E-state index in [1.54, 1.807) is 12.1 Å². The van der Waals surface area contributed by atoms with Crippen LogP contribution in [0.1, 0.15) is 5.56 Å². The second kappa shape index (κ2) is 5.14. The molecule has 0 saturated carbocycles. The van der Waals surface area contributed by atoms with E-state index in [1.165, 1.54) is 7.11 Å². The number of benzene rings is 1. The quantitative estimate of drug-likeness (QED) is 0.607. The van der Waals surface area contributed by atoms with Crippen molar-refractivity contribution in [3.63, 3.8) is 0 Å². The fourth-order valence-electron chi connectivity index (χ4n) is 0.949. The maximum Gasteiger partial charge on any atom is 0.309 e. The van der Waals surface area contributed by atoms with E-state index < -0.39 is 0 Å². The van der Waals surface area contributed by atoms with E-state index in [4.69, 9.17) is 11.6 Å². The summed E-state index contributed by atoms with van der Waals surface area (Å²) in [6.45, 7) is 0.